The number of hydrogen-bond donors (Lipinski definition) is 0. The Balaban J connectivity index is 1.41. The summed E-state index contributed by atoms with van der Waals surface area (Å²) in [4.78, 5) is 18.9. The van der Waals surface area contributed by atoms with Gasteiger partial charge in [0, 0.05) is 50.9 Å². The lowest BCUT2D eigenvalue weighted by Crippen LogP contribution is -2.47. The van der Waals surface area contributed by atoms with Crippen molar-refractivity contribution in [2.24, 2.45) is 4.36 Å². The monoisotopic (exact) mass is 458 g/mol. The second-order valence-corrected chi connectivity index (χ2v) is 11.9. The Morgan fingerprint density at radius 1 is 1.10 bits per heavy atom. The number of benzene rings is 1. The van der Waals surface area contributed by atoms with E-state index in [1.165, 1.54) is 10.3 Å². The van der Waals surface area contributed by atoms with E-state index >= 15 is 0 Å². The molecule has 3 heterocycles. The predicted molar refractivity (Wildman–Crippen MR) is 128 cm³/mol. The van der Waals surface area contributed by atoms with Crippen LogP contribution in [0.4, 0.5) is 5.95 Å². The highest BCUT2D eigenvalue weighted by molar-refractivity contribution is 7.93. The van der Waals surface area contributed by atoms with Crippen LogP contribution in [0, 0.1) is 6.92 Å². The van der Waals surface area contributed by atoms with Gasteiger partial charge in [-0.2, -0.15) is 0 Å². The molecule has 1 aliphatic rings. The van der Waals surface area contributed by atoms with Gasteiger partial charge in [-0.3, -0.25) is 4.90 Å². The molecule has 2 aromatic heterocycles. The maximum atomic E-state index is 12.8. The van der Waals surface area contributed by atoms with E-state index in [1.807, 2.05) is 13.8 Å². The quantitative estimate of drug-likeness (QED) is 0.572. The van der Waals surface area contributed by atoms with Crippen molar-refractivity contribution in [3.05, 3.63) is 41.2 Å². The molecule has 0 N–H and O–H groups in total. The summed E-state index contributed by atoms with van der Waals surface area (Å²) < 4.78 is 18.3. The summed E-state index contributed by atoms with van der Waals surface area (Å²) in [5.74, 6) is 0.690. The first-order valence-corrected chi connectivity index (χ1v) is 13.4. The highest BCUT2D eigenvalue weighted by Crippen LogP contribution is 2.28. The molecule has 9 heteroatoms. The fourth-order valence-electron chi connectivity index (χ4n) is 3.97. The first-order chi connectivity index (χ1) is 14.7. The van der Waals surface area contributed by atoms with Crippen molar-refractivity contribution in [1.29, 1.82) is 0 Å². The summed E-state index contributed by atoms with van der Waals surface area (Å²) in [6, 6.07) is 6.98. The van der Waals surface area contributed by atoms with Crippen molar-refractivity contribution in [2.75, 3.05) is 37.3 Å². The summed E-state index contributed by atoms with van der Waals surface area (Å²) in [5.41, 5.74) is 2.40. The Kier molecular flexibility index (Phi) is 6.27. The van der Waals surface area contributed by atoms with E-state index in [-0.39, 0.29) is 6.04 Å². The number of rotatable bonds is 5. The molecule has 2 unspecified atom stereocenters. The SMILES string of the molecule is Cc1nc2cc(C(C)N3CCN(c4ncc(S(C)(=O)=NC(C)C)cn4)CC3)ccc2s1. The van der Waals surface area contributed by atoms with E-state index in [0.29, 0.717) is 16.9 Å². The average molecular weight is 459 g/mol. The summed E-state index contributed by atoms with van der Waals surface area (Å²) in [6.07, 6.45) is 4.98. The number of fused-ring (bicyclic) bond motifs is 1. The van der Waals surface area contributed by atoms with Crippen molar-refractivity contribution >= 4 is 37.2 Å². The van der Waals surface area contributed by atoms with Gasteiger partial charge in [-0.1, -0.05) is 6.07 Å². The van der Waals surface area contributed by atoms with Crippen LogP contribution in [0.25, 0.3) is 10.2 Å². The van der Waals surface area contributed by atoms with Gasteiger partial charge in [0.15, 0.2) is 0 Å². The van der Waals surface area contributed by atoms with Crippen LogP contribution in [0.2, 0.25) is 0 Å². The van der Waals surface area contributed by atoms with Crippen molar-refractivity contribution in [3.8, 4) is 0 Å². The largest absolute Gasteiger partial charge is 0.338 e. The molecular formula is C22H30N6OS2. The molecule has 0 bridgehead atoms. The molecule has 4 rings (SSSR count). The maximum Gasteiger partial charge on any atom is 0.225 e. The van der Waals surface area contributed by atoms with Gasteiger partial charge in [0.1, 0.15) is 0 Å². The lowest BCUT2D eigenvalue weighted by Gasteiger charge is -2.38. The van der Waals surface area contributed by atoms with Gasteiger partial charge in [0.2, 0.25) is 5.95 Å². The van der Waals surface area contributed by atoms with Crippen LogP contribution in [0.5, 0.6) is 0 Å². The van der Waals surface area contributed by atoms with Crippen molar-refractivity contribution in [1.82, 2.24) is 19.9 Å². The Bertz CT molecular complexity index is 1170. The maximum absolute atomic E-state index is 12.8. The summed E-state index contributed by atoms with van der Waals surface area (Å²) in [5, 5.41) is 1.11. The minimum atomic E-state index is -2.45. The molecule has 166 valence electrons. The van der Waals surface area contributed by atoms with Crippen LogP contribution in [-0.2, 0) is 9.73 Å². The van der Waals surface area contributed by atoms with Crippen LogP contribution in [0.1, 0.15) is 37.4 Å². The summed E-state index contributed by atoms with van der Waals surface area (Å²) in [6.45, 7) is 11.8. The van der Waals surface area contributed by atoms with Gasteiger partial charge >= 0.3 is 0 Å². The van der Waals surface area contributed by atoms with E-state index in [1.54, 1.807) is 30.0 Å². The molecule has 1 aliphatic heterocycles. The molecule has 1 fully saturated rings. The van der Waals surface area contributed by atoms with Crippen LogP contribution in [0.15, 0.2) is 39.9 Å². The highest BCUT2D eigenvalue weighted by atomic mass is 32.2. The number of aromatic nitrogens is 3. The second-order valence-electron chi connectivity index (χ2n) is 8.38. The standard InChI is InChI=1S/C22H30N6OS2/c1-15(2)26-31(5,29)19-13-23-22(24-14-19)28-10-8-27(9-11-28)16(3)18-6-7-21-20(12-18)25-17(4)30-21/h6-7,12-16H,8-11H2,1-5H3. The number of thiazole rings is 1. The van der Waals surface area contributed by atoms with E-state index in [2.05, 4.69) is 61.2 Å². The van der Waals surface area contributed by atoms with Gasteiger partial charge in [-0.05, 0) is 45.4 Å². The third-order valence-electron chi connectivity index (χ3n) is 5.61. The molecular weight excluding hydrogens is 428 g/mol. The van der Waals surface area contributed by atoms with Gasteiger partial charge < -0.3 is 4.90 Å². The van der Waals surface area contributed by atoms with Crippen LogP contribution < -0.4 is 4.90 Å². The normalized spacial score (nSPS) is 18.3. The smallest absolute Gasteiger partial charge is 0.225 e. The Hall–Kier alpha value is -2.10. The minimum absolute atomic E-state index is 0.00694. The zero-order chi connectivity index (χ0) is 22.2. The number of aryl methyl sites for hydroxylation is 1. The first-order valence-electron chi connectivity index (χ1n) is 10.6. The fraction of sp³-hybridized carbons (Fsp3) is 0.500. The molecule has 2 atom stereocenters. The van der Waals surface area contributed by atoms with Crippen LogP contribution in [0.3, 0.4) is 0 Å². The van der Waals surface area contributed by atoms with Crippen molar-refractivity contribution in [2.45, 2.75) is 44.7 Å². The molecule has 1 aromatic carbocycles. The number of piperazine rings is 1. The van der Waals surface area contributed by atoms with E-state index in [0.717, 1.165) is 36.7 Å². The number of anilines is 1. The fourth-order valence-corrected chi connectivity index (χ4v) is 6.20. The highest BCUT2D eigenvalue weighted by Gasteiger charge is 2.24. The molecule has 0 radical (unpaired) electrons. The van der Waals surface area contributed by atoms with Crippen LogP contribution in [-0.4, -0.2) is 62.5 Å². The molecule has 0 aliphatic carbocycles. The lowest BCUT2D eigenvalue weighted by molar-refractivity contribution is 0.198. The van der Waals surface area contributed by atoms with Crippen molar-refractivity contribution in [3.63, 3.8) is 0 Å². The summed E-state index contributed by atoms with van der Waals surface area (Å²) in [7, 11) is -2.45. The molecule has 31 heavy (non-hydrogen) atoms. The van der Waals surface area contributed by atoms with Gasteiger partial charge in [-0.15, -0.1) is 11.3 Å². The average Bonchev–Trinajstić information content (AvgIpc) is 3.12. The number of hydrogen-bond acceptors (Lipinski definition) is 8. The molecule has 0 amide bonds. The molecule has 7 nitrogen and oxygen atoms in total. The zero-order valence-electron chi connectivity index (χ0n) is 18.8. The van der Waals surface area contributed by atoms with Crippen LogP contribution >= 0.6 is 11.3 Å². The Morgan fingerprint density at radius 2 is 1.77 bits per heavy atom. The molecule has 0 spiro atoms. The Labute approximate surface area is 188 Å². The molecule has 1 saturated heterocycles. The third kappa shape index (κ3) is 4.88. The zero-order valence-corrected chi connectivity index (χ0v) is 20.4. The van der Waals surface area contributed by atoms with E-state index in [4.69, 9.17) is 0 Å². The minimum Gasteiger partial charge on any atom is -0.338 e. The lowest BCUT2D eigenvalue weighted by atomic mass is 10.1. The second kappa shape index (κ2) is 8.80. The van der Waals surface area contributed by atoms with Crippen molar-refractivity contribution < 1.29 is 4.21 Å². The summed E-state index contributed by atoms with van der Waals surface area (Å²) >= 11 is 1.74. The van der Waals surface area contributed by atoms with E-state index < -0.39 is 9.73 Å². The molecule has 0 saturated carbocycles. The first kappa shape index (κ1) is 22.1. The number of nitrogens with zero attached hydrogens (tertiary/aromatic N) is 6. The predicted octanol–water partition coefficient (Wildman–Crippen LogP) is 4.14. The Morgan fingerprint density at radius 3 is 2.42 bits per heavy atom. The topological polar surface area (TPSA) is 74.6 Å². The van der Waals surface area contributed by atoms with Gasteiger partial charge in [0.05, 0.1) is 35.9 Å². The van der Waals surface area contributed by atoms with Gasteiger partial charge in [0.25, 0.3) is 0 Å². The van der Waals surface area contributed by atoms with Gasteiger partial charge in [-0.25, -0.2) is 23.5 Å². The van der Waals surface area contributed by atoms with E-state index in [9.17, 15) is 4.21 Å². The molecule has 3 aromatic rings. The third-order valence-corrected chi connectivity index (χ3v) is 8.47.